The lowest BCUT2D eigenvalue weighted by Crippen LogP contribution is -2.06. The maximum Gasteiger partial charge on any atom is 0.175 e. The molecule has 0 spiro atoms. The fourth-order valence-electron chi connectivity index (χ4n) is 1.69. The van der Waals surface area contributed by atoms with Gasteiger partial charge in [0.05, 0.1) is 18.2 Å². The van der Waals surface area contributed by atoms with E-state index in [0.717, 1.165) is 28.9 Å². The Morgan fingerprint density at radius 2 is 2.21 bits per heavy atom. The second-order valence-electron chi connectivity index (χ2n) is 3.98. The van der Waals surface area contributed by atoms with Crippen molar-refractivity contribution in [2.45, 2.75) is 13.0 Å². The highest BCUT2D eigenvalue weighted by atomic mass is 79.9. The summed E-state index contributed by atoms with van der Waals surface area (Å²) in [6.07, 6.45) is 2.69. The van der Waals surface area contributed by atoms with Gasteiger partial charge < -0.3 is 15.2 Å². The Labute approximate surface area is 120 Å². The number of nitrogen functional groups attached to an aromatic ring is 1. The van der Waals surface area contributed by atoms with E-state index in [-0.39, 0.29) is 0 Å². The predicted octanol–water partition coefficient (Wildman–Crippen LogP) is 2.71. The first-order valence-corrected chi connectivity index (χ1v) is 6.74. The van der Waals surface area contributed by atoms with Crippen LogP contribution in [0.2, 0.25) is 0 Å². The summed E-state index contributed by atoms with van der Waals surface area (Å²) in [5, 5.41) is 4.11. The van der Waals surface area contributed by atoms with Crippen LogP contribution in [0, 0.1) is 0 Å². The molecule has 1 aromatic heterocycles. The molecule has 1 aromatic carbocycles. The average Bonchev–Trinajstić information content (AvgIpc) is 2.81. The first-order valence-electron chi connectivity index (χ1n) is 5.95. The lowest BCUT2D eigenvalue weighted by molar-refractivity contribution is 0.278. The van der Waals surface area contributed by atoms with Gasteiger partial charge in [0.25, 0.3) is 0 Å². The van der Waals surface area contributed by atoms with E-state index in [1.165, 1.54) is 0 Å². The molecule has 1 heterocycles. The van der Waals surface area contributed by atoms with Gasteiger partial charge in [0.15, 0.2) is 11.5 Å². The molecular formula is C13H16BrN3O2. The Kier molecular flexibility index (Phi) is 4.68. The summed E-state index contributed by atoms with van der Waals surface area (Å²) in [5.41, 5.74) is 5.55. The summed E-state index contributed by atoms with van der Waals surface area (Å²) >= 11 is 3.45. The van der Waals surface area contributed by atoms with Crippen molar-refractivity contribution < 1.29 is 9.47 Å². The predicted molar refractivity (Wildman–Crippen MR) is 77.4 cm³/mol. The molecule has 6 heteroatoms. The van der Waals surface area contributed by atoms with Crippen molar-refractivity contribution in [2.75, 3.05) is 19.5 Å². The second kappa shape index (κ2) is 6.47. The number of hydrogen-bond acceptors (Lipinski definition) is 4. The van der Waals surface area contributed by atoms with Gasteiger partial charge >= 0.3 is 0 Å². The van der Waals surface area contributed by atoms with Crippen LogP contribution in [-0.2, 0) is 6.54 Å². The Balaban J connectivity index is 1.86. The van der Waals surface area contributed by atoms with E-state index in [0.29, 0.717) is 12.4 Å². The molecule has 0 fully saturated rings. The molecule has 0 aliphatic rings. The summed E-state index contributed by atoms with van der Waals surface area (Å²) in [7, 11) is 1.63. The molecule has 0 aliphatic carbocycles. The third-order valence-corrected chi connectivity index (χ3v) is 3.21. The van der Waals surface area contributed by atoms with Crippen molar-refractivity contribution in [1.82, 2.24) is 9.78 Å². The molecule has 0 atom stereocenters. The SMILES string of the molecule is COc1cccc(Br)c1OCCCn1ccc(N)n1. The highest BCUT2D eigenvalue weighted by molar-refractivity contribution is 9.10. The highest BCUT2D eigenvalue weighted by Crippen LogP contribution is 2.34. The van der Waals surface area contributed by atoms with E-state index in [4.69, 9.17) is 15.2 Å². The van der Waals surface area contributed by atoms with E-state index in [1.54, 1.807) is 17.9 Å². The number of aryl methyl sites for hydroxylation is 1. The highest BCUT2D eigenvalue weighted by Gasteiger charge is 2.08. The molecule has 2 N–H and O–H groups in total. The molecule has 0 bridgehead atoms. The van der Waals surface area contributed by atoms with Crippen molar-refractivity contribution in [1.29, 1.82) is 0 Å². The molecule has 0 unspecified atom stereocenters. The van der Waals surface area contributed by atoms with Crippen molar-refractivity contribution in [2.24, 2.45) is 0 Å². The third kappa shape index (κ3) is 3.64. The lowest BCUT2D eigenvalue weighted by atomic mass is 10.3. The number of aromatic nitrogens is 2. The minimum Gasteiger partial charge on any atom is -0.493 e. The van der Waals surface area contributed by atoms with E-state index in [2.05, 4.69) is 21.0 Å². The Morgan fingerprint density at radius 1 is 1.37 bits per heavy atom. The van der Waals surface area contributed by atoms with Gasteiger partial charge in [0, 0.05) is 19.2 Å². The normalized spacial score (nSPS) is 10.4. The topological polar surface area (TPSA) is 62.3 Å². The Bertz CT molecular complexity index is 542. The number of ether oxygens (including phenoxy) is 2. The van der Waals surface area contributed by atoms with Gasteiger partial charge in [0.1, 0.15) is 5.82 Å². The third-order valence-electron chi connectivity index (χ3n) is 2.59. The second-order valence-corrected chi connectivity index (χ2v) is 4.83. The standard InChI is InChI=1S/C13H16BrN3O2/c1-18-11-5-2-4-10(14)13(11)19-9-3-7-17-8-6-12(15)16-17/h2,4-6,8H,3,7,9H2,1H3,(H2,15,16). The van der Waals surface area contributed by atoms with Crippen LogP contribution >= 0.6 is 15.9 Å². The zero-order valence-corrected chi connectivity index (χ0v) is 12.3. The maximum atomic E-state index is 5.74. The molecule has 0 saturated heterocycles. The molecule has 102 valence electrons. The number of anilines is 1. The Hall–Kier alpha value is -1.69. The zero-order valence-electron chi connectivity index (χ0n) is 10.7. The minimum atomic E-state index is 0.536. The molecule has 2 rings (SSSR count). The van der Waals surface area contributed by atoms with Crippen molar-refractivity contribution in [3.8, 4) is 11.5 Å². The van der Waals surface area contributed by atoms with Gasteiger partial charge in [-0.2, -0.15) is 5.10 Å². The molecule has 0 radical (unpaired) electrons. The molecule has 0 amide bonds. The number of hydrogen-bond donors (Lipinski definition) is 1. The molecular weight excluding hydrogens is 310 g/mol. The van der Waals surface area contributed by atoms with Crippen LogP contribution < -0.4 is 15.2 Å². The first kappa shape index (κ1) is 13.7. The van der Waals surface area contributed by atoms with Crippen molar-refractivity contribution in [3.05, 3.63) is 34.9 Å². The van der Waals surface area contributed by atoms with E-state index < -0.39 is 0 Å². The number of nitrogens with zero attached hydrogens (tertiary/aromatic N) is 2. The molecule has 19 heavy (non-hydrogen) atoms. The zero-order chi connectivity index (χ0) is 13.7. The van der Waals surface area contributed by atoms with Crippen molar-refractivity contribution in [3.63, 3.8) is 0 Å². The monoisotopic (exact) mass is 325 g/mol. The van der Waals surface area contributed by atoms with Crippen LogP contribution in [-0.4, -0.2) is 23.5 Å². The largest absolute Gasteiger partial charge is 0.493 e. The fraction of sp³-hybridized carbons (Fsp3) is 0.308. The van der Waals surface area contributed by atoms with Crippen LogP contribution in [0.1, 0.15) is 6.42 Å². The number of rotatable bonds is 6. The fourth-order valence-corrected chi connectivity index (χ4v) is 2.16. The van der Waals surface area contributed by atoms with Crippen LogP contribution in [0.5, 0.6) is 11.5 Å². The number of benzene rings is 1. The molecule has 0 aliphatic heterocycles. The summed E-state index contributed by atoms with van der Waals surface area (Å²) in [6, 6.07) is 7.47. The van der Waals surface area contributed by atoms with E-state index in [9.17, 15) is 0 Å². The first-order chi connectivity index (χ1) is 9.20. The quantitative estimate of drug-likeness (QED) is 0.829. The molecule has 0 saturated carbocycles. The van der Waals surface area contributed by atoms with Gasteiger partial charge in [-0.15, -0.1) is 0 Å². The summed E-state index contributed by atoms with van der Waals surface area (Å²) < 4.78 is 13.7. The van der Waals surface area contributed by atoms with Crippen molar-refractivity contribution >= 4 is 21.7 Å². The summed E-state index contributed by atoms with van der Waals surface area (Å²) in [5.74, 6) is 1.98. The molecule has 5 nitrogen and oxygen atoms in total. The summed E-state index contributed by atoms with van der Waals surface area (Å²) in [4.78, 5) is 0. The lowest BCUT2D eigenvalue weighted by Gasteiger charge is -2.12. The maximum absolute atomic E-state index is 5.74. The van der Waals surface area contributed by atoms with Crippen LogP contribution in [0.25, 0.3) is 0 Å². The summed E-state index contributed by atoms with van der Waals surface area (Å²) in [6.45, 7) is 1.35. The van der Waals surface area contributed by atoms with E-state index in [1.807, 2.05) is 24.4 Å². The van der Waals surface area contributed by atoms with Gasteiger partial charge in [-0.1, -0.05) is 6.07 Å². The molecule has 2 aromatic rings. The average molecular weight is 326 g/mol. The number of methoxy groups -OCH3 is 1. The number of halogens is 1. The van der Waals surface area contributed by atoms with Gasteiger partial charge in [0.2, 0.25) is 0 Å². The number of para-hydroxylation sites is 1. The van der Waals surface area contributed by atoms with Gasteiger partial charge in [-0.3, -0.25) is 4.68 Å². The van der Waals surface area contributed by atoms with Crippen LogP contribution in [0.3, 0.4) is 0 Å². The van der Waals surface area contributed by atoms with Gasteiger partial charge in [-0.25, -0.2) is 0 Å². The minimum absolute atomic E-state index is 0.536. The smallest absolute Gasteiger partial charge is 0.175 e. The van der Waals surface area contributed by atoms with Crippen LogP contribution in [0.15, 0.2) is 34.9 Å². The number of nitrogens with two attached hydrogens (primary N) is 1. The Morgan fingerprint density at radius 3 is 2.89 bits per heavy atom. The van der Waals surface area contributed by atoms with Gasteiger partial charge in [-0.05, 0) is 34.1 Å². The van der Waals surface area contributed by atoms with Crippen LogP contribution in [0.4, 0.5) is 5.82 Å². The van der Waals surface area contributed by atoms with E-state index >= 15 is 0 Å².